The molecule has 0 aromatic heterocycles. The Morgan fingerprint density at radius 1 is 0.576 bits per heavy atom. The molecule has 10 nitrogen and oxygen atoms in total. The van der Waals surface area contributed by atoms with Gasteiger partial charge in [-0.2, -0.15) is 13.2 Å². The maximum atomic E-state index is 12.3. The molecule has 6 rings (SSSR count). The Kier molecular flexibility index (Phi) is 13.5. The van der Waals surface area contributed by atoms with Crippen LogP contribution in [0.1, 0.15) is 47.1 Å². The summed E-state index contributed by atoms with van der Waals surface area (Å²) in [6, 6.07) is 41.9. The van der Waals surface area contributed by atoms with Gasteiger partial charge in [0.15, 0.2) is 24.8 Å². The zero-order chi connectivity index (χ0) is 43.2. The van der Waals surface area contributed by atoms with E-state index in [4.69, 9.17) is 36.7 Å². The SMILES string of the molecule is CC(C)(C)OC(=O)Oc1ccc([S+](c2ccc(OCc3cc4ccccc4c4ccccc34)cc2)c2ccc(OC(=O)OC(C)(C)C)cc2)cc1.O=S(=O)([O-])C(F)(F)F. The van der Waals surface area contributed by atoms with Gasteiger partial charge in [0.05, 0.1) is 10.9 Å². The molecule has 0 aliphatic rings. The van der Waals surface area contributed by atoms with Crippen molar-refractivity contribution in [3.05, 3.63) is 133 Å². The molecule has 6 aromatic rings. The predicted octanol–water partition coefficient (Wildman–Crippen LogP) is 11.3. The van der Waals surface area contributed by atoms with Gasteiger partial charge in [-0.25, -0.2) is 18.0 Å². The summed E-state index contributed by atoms with van der Waals surface area (Å²) >= 11 is 0. The fraction of sp³-hybridized carbons (Fsp3) is 0.227. The normalized spacial score (nSPS) is 12.1. The number of hydrogen-bond acceptors (Lipinski definition) is 10. The maximum Gasteiger partial charge on any atom is 0.514 e. The molecule has 59 heavy (non-hydrogen) atoms. The molecule has 310 valence electrons. The van der Waals surface area contributed by atoms with Gasteiger partial charge < -0.3 is 28.2 Å². The lowest BCUT2D eigenvalue weighted by Crippen LogP contribution is -2.26. The van der Waals surface area contributed by atoms with Crippen LogP contribution >= 0.6 is 0 Å². The highest BCUT2D eigenvalue weighted by Gasteiger charge is 2.37. The van der Waals surface area contributed by atoms with Crippen LogP contribution in [0, 0.1) is 0 Å². The van der Waals surface area contributed by atoms with Crippen LogP contribution in [-0.2, 0) is 37.1 Å². The standard InChI is InChI=1S/C43H41O7S.CHF3O3S/c1-42(2,3)49-40(44)47-32-17-23-35(24-18-32)51(36-25-19-33(20-26-36)48-41(45)50-43(4,5)6)34-21-15-31(16-22-34)46-28-30-27-29-11-7-8-12-37(29)39-14-10-9-13-38(30)39;2-1(3,4)8(5,6)7/h7-27H,28H2,1-6H3;(H,5,6,7)/q+1;/p-1. The highest BCUT2D eigenvalue weighted by molar-refractivity contribution is 7.97. The lowest BCUT2D eigenvalue weighted by Gasteiger charge is -2.18. The molecule has 0 aliphatic heterocycles. The zero-order valence-corrected chi connectivity index (χ0v) is 34.5. The van der Waals surface area contributed by atoms with Gasteiger partial charge in [0.1, 0.15) is 35.1 Å². The monoisotopic (exact) mass is 850 g/mol. The molecule has 0 bridgehead atoms. The minimum atomic E-state index is -6.09. The van der Waals surface area contributed by atoms with Crippen molar-refractivity contribution in [1.29, 1.82) is 0 Å². The second-order valence-corrected chi connectivity index (χ2v) is 18.2. The smallest absolute Gasteiger partial charge is 0.514 e. The summed E-state index contributed by atoms with van der Waals surface area (Å²) < 4.78 is 86.7. The van der Waals surface area contributed by atoms with E-state index in [2.05, 4.69) is 66.7 Å². The number of halogens is 3. The number of alkyl halides is 3. The second kappa shape index (κ2) is 18.0. The Bertz CT molecular complexity index is 2440. The maximum absolute atomic E-state index is 12.3. The van der Waals surface area contributed by atoms with Crippen molar-refractivity contribution in [2.45, 2.75) is 79.5 Å². The van der Waals surface area contributed by atoms with Crippen molar-refractivity contribution < 1.29 is 59.4 Å². The molecule has 0 unspecified atom stereocenters. The third-order valence-electron chi connectivity index (χ3n) is 7.89. The number of ether oxygens (including phenoxy) is 5. The van der Waals surface area contributed by atoms with Gasteiger partial charge in [-0.3, -0.25) is 0 Å². The summed E-state index contributed by atoms with van der Waals surface area (Å²) in [4.78, 5) is 27.6. The fourth-order valence-electron chi connectivity index (χ4n) is 5.51. The molecule has 0 amide bonds. The molecule has 0 radical (unpaired) electrons. The van der Waals surface area contributed by atoms with E-state index in [1.54, 1.807) is 65.8 Å². The van der Waals surface area contributed by atoms with Crippen molar-refractivity contribution in [1.82, 2.24) is 0 Å². The minimum Gasteiger partial charge on any atom is -0.741 e. The van der Waals surface area contributed by atoms with Gasteiger partial charge in [0.25, 0.3) is 0 Å². The lowest BCUT2D eigenvalue weighted by atomic mass is 9.98. The Labute approximate surface area is 342 Å². The molecule has 15 heteroatoms. The molecule has 0 aliphatic carbocycles. The summed E-state index contributed by atoms with van der Waals surface area (Å²) in [6.45, 7) is 11.1. The molecule has 0 fully saturated rings. The summed E-state index contributed by atoms with van der Waals surface area (Å²) in [5, 5.41) is 4.78. The van der Waals surface area contributed by atoms with E-state index < -0.39 is 50.0 Å². The van der Waals surface area contributed by atoms with Crippen LogP contribution in [0.4, 0.5) is 22.8 Å². The quantitative estimate of drug-likeness (QED) is 0.0363. The van der Waals surface area contributed by atoms with Crippen LogP contribution in [0.15, 0.2) is 142 Å². The van der Waals surface area contributed by atoms with Crippen molar-refractivity contribution in [2.75, 3.05) is 0 Å². The first-order valence-corrected chi connectivity index (χ1v) is 20.6. The first-order valence-electron chi connectivity index (χ1n) is 18.0. The topological polar surface area (TPSA) is 137 Å². The molecular weight excluding hydrogens is 810 g/mol. The predicted molar refractivity (Wildman–Crippen MR) is 217 cm³/mol. The number of fused-ring (bicyclic) bond motifs is 3. The molecule has 0 N–H and O–H groups in total. The molecule has 0 atom stereocenters. The second-order valence-electron chi connectivity index (χ2n) is 14.8. The summed E-state index contributed by atoms with van der Waals surface area (Å²) in [6.07, 6.45) is -1.52. The van der Waals surface area contributed by atoms with Gasteiger partial charge in [-0.05, 0) is 148 Å². The number of hydrogen-bond donors (Lipinski definition) is 0. The minimum absolute atomic E-state index is 0.377. The Morgan fingerprint density at radius 3 is 1.36 bits per heavy atom. The van der Waals surface area contributed by atoms with Gasteiger partial charge >= 0.3 is 17.8 Å². The molecular formula is C44H41F3O10S2. The first kappa shape index (κ1) is 44.3. The van der Waals surface area contributed by atoms with E-state index >= 15 is 0 Å². The van der Waals surface area contributed by atoms with E-state index in [9.17, 15) is 22.8 Å². The van der Waals surface area contributed by atoms with Crippen LogP contribution in [0.25, 0.3) is 21.5 Å². The van der Waals surface area contributed by atoms with Crippen LogP contribution < -0.4 is 14.2 Å². The Balaban J connectivity index is 0.000000749. The van der Waals surface area contributed by atoms with E-state index in [1.807, 2.05) is 36.4 Å². The lowest BCUT2D eigenvalue weighted by molar-refractivity contribution is -0.0518. The number of benzene rings is 6. The van der Waals surface area contributed by atoms with Crippen molar-refractivity contribution >= 4 is 54.9 Å². The highest BCUT2D eigenvalue weighted by atomic mass is 32.2. The Hall–Kier alpha value is -5.77. The summed E-state index contributed by atoms with van der Waals surface area (Å²) in [5.74, 6) is 1.51. The number of carbonyl (C=O) groups excluding carboxylic acids is 2. The average Bonchev–Trinajstić information content (AvgIpc) is 3.14. The van der Waals surface area contributed by atoms with Gasteiger partial charge in [-0.1, -0.05) is 48.5 Å². The zero-order valence-electron chi connectivity index (χ0n) is 32.9. The van der Waals surface area contributed by atoms with E-state index in [-0.39, 0.29) is 0 Å². The number of rotatable bonds is 8. The Morgan fingerprint density at radius 2 is 0.949 bits per heavy atom. The van der Waals surface area contributed by atoms with Crippen LogP contribution in [0.5, 0.6) is 17.2 Å². The van der Waals surface area contributed by atoms with Gasteiger partial charge in [0, 0.05) is 0 Å². The molecule has 0 heterocycles. The fourth-order valence-corrected chi connectivity index (χ4v) is 7.56. The first-order chi connectivity index (χ1) is 27.6. The summed E-state index contributed by atoms with van der Waals surface area (Å²) in [7, 11) is -6.66. The summed E-state index contributed by atoms with van der Waals surface area (Å²) in [5.41, 5.74) is -5.85. The molecule has 0 spiro atoms. The largest absolute Gasteiger partial charge is 0.741 e. The van der Waals surface area contributed by atoms with Gasteiger partial charge in [0.2, 0.25) is 0 Å². The molecule has 6 aromatic carbocycles. The molecule has 0 saturated carbocycles. The third-order valence-corrected chi connectivity index (χ3v) is 10.7. The highest BCUT2D eigenvalue weighted by Crippen LogP contribution is 2.35. The average molecular weight is 851 g/mol. The van der Waals surface area contributed by atoms with E-state index in [1.165, 1.54) is 21.5 Å². The van der Waals surface area contributed by atoms with Crippen LogP contribution in [0.2, 0.25) is 0 Å². The van der Waals surface area contributed by atoms with Crippen molar-refractivity contribution in [2.24, 2.45) is 0 Å². The van der Waals surface area contributed by atoms with Crippen molar-refractivity contribution in [3.63, 3.8) is 0 Å². The van der Waals surface area contributed by atoms with Gasteiger partial charge in [-0.15, -0.1) is 0 Å². The van der Waals surface area contributed by atoms with E-state index in [0.717, 1.165) is 26.0 Å². The van der Waals surface area contributed by atoms with E-state index in [0.29, 0.717) is 18.1 Å². The van der Waals surface area contributed by atoms with Crippen molar-refractivity contribution in [3.8, 4) is 17.2 Å². The molecule has 0 saturated heterocycles. The third kappa shape index (κ3) is 12.6. The van der Waals surface area contributed by atoms with Crippen LogP contribution in [-0.4, -0.2) is 42.0 Å². The van der Waals surface area contributed by atoms with Crippen LogP contribution in [0.3, 0.4) is 0 Å². The number of carbonyl (C=O) groups is 2.